The summed E-state index contributed by atoms with van der Waals surface area (Å²) in [5.74, 6) is -0.675. The SMILES string of the molecule is CC(C)(C)OC(=O)N(CC1CCC1)[C@@H]1CCCN(c2cnc(C3(C(N)=O)COC3)c(F)c2)C1. The number of carbonyl (C=O) groups is 2. The zero-order valence-electron chi connectivity index (χ0n) is 19.8. The highest BCUT2D eigenvalue weighted by atomic mass is 19.1. The van der Waals surface area contributed by atoms with E-state index in [1.807, 2.05) is 25.7 Å². The minimum absolute atomic E-state index is 0.0195. The van der Waals surface area contributed by atoms with Crippen molar-refractivity contribution in [1.82, 2.24) is 9.88 Å². The van der Waals surface area contributed by atoms with Gasteiger partial charge in [-0.2, -0.15) is 0 Å². The number of rotatable bonds is 6. The van der Waals surface area contributed by atoms with Crippen LogP contribution in [0.1, 0.15) is 58.6 Å². The Morgan fingerprint density at radius 1 is 1.30 bits per heavy atom. The van der Waals surface area contributed by atoms with Gasteiger partial charge in [0.05, 0.1) is 36.8 Å². The van der Waals surface area contributed by atoms with Crippen molar-refractivity contribution in [1.29, 1.82) is 0 Å². The zero-order valence-corrected chi connectivity index (χ0v) is 19.8. The highest BCUT2D eigenvalue weighted by molar-refractivity contribution is 5.87. The molecule has 1 aromatic rings. The number of aromatic nitrogens is 1. The normalized spacial score (nSPS) is 22.8. The minimum atomic E-state index is -1.19. The third-order valence-corrected chi connectivity index (χ3v) is 6.96. The van der Waals surface area contributed by atoms with E-state index in [4.69, 9.17) is 15.2 Å². The molecule has 1 saturated carbocycles. The maximum Gasteiger partial charge on any atom is 0.410 e. The molecule has 8 nitrogen and oxygen atoms in total. The molecule has 2 N–H and O–H groups in total. The largest absolute Gasteiger partial charge is 0.444 e. The van der Waals surface area contributed by atoms with Crippen LogP contribution in [0.3, 0.4) is 0 Å². The van der Waals surface area contributed by atoms with Gasteiger partial charge in [-0.3, -0.25) is 9.78 Å². The molecule has 3 fully saturated rings. The van der Waals surface area contributed by atoms with Crippen LogP contribution in [0.4, 0.5) is 14.9 Å². The average molecular weight is 463 g/mol. The Morgan fingerprint density at radius 2 is 2.03 bits per heavy atom. The molecule has 3 aliphatic rings. The standard InChI is InChI=1S/C24H35FN4O4/c1-23(2,3)33-22(31)29(12-16-6-4-7-16)17-8-5-9-28(13-17)18-10-19(25)20(27-11-18)24(21(26)30)14-32-15-24/h10-11,16-17H,4-9,12-15H2,1-3H3,(H2,26,30)/t17-/m1/s1. The summed E-state index contributed by atoms with van der Waals surface area (Å²) in [5, 5.41) is 0. The number of nitrogens with two attached hydrogens (primary N) is 1. The van der Waals surface area contributed by atoms with E-state index in [2.05, 4.69) is 9.88 Å². The van der Waals surface area contributed by atoms with E-state index in [-0.39, 0.29) is 31.0 Å². The Morgan fingerprint density at radius 3 is 2.55 bits per heavy atom. The first-order chi connectivity index (χ1) is 15.6. The molecule has 182 valence electrons. The molecule has 3 heterocycles. The molecule has 9 heteroatoms. The van der Waals surface area contributed by atoms with Crippen LogP contribution in [0.15, 0.2) is 12.3 Å². The number of hydrogen-bond donors (Lipinski definition) is 1. The van der Waals surface area contributed by atoms with Crippen molar-refractivity contribution in [2.75, 3.05) is 37.7 Å². The lowest BCUT2D eigenvalue weighted by Crippen LogP contribution is -2.57. The van der Waals surface area contributed by atoms with Gasteiger partial charge in [-0.15, -0.1) is 0 Å². The van der Waals surface area contributed by atoms with Crippen LogP contribution >= 0.6 is 0 Å². The van der Waals surface area contributed by atoms with Crippen molar-refractivity contribution < 1.29 is 23.5 Å². The lowest BCUT2D eigenvalue weighted by molar-refractivity contribution is -0.142. The van der Waals surface area contributed by atoms with E-state index in [0.29, 0.717) is 24.7 Å². The number of hydrogen-bond acceptors (Lipinski definition) is 6. The van der Waals surface area contributed by atoms with Crippen LogP contribution < -0.4 is 10.6 Å². The van der Waals surface area contributed by atoms with Gasteiger partial charge in [0.1, 0.15) is 16.8 Å². The van der Waals surface area contributed by atoms with Crippen LogP contribution in [0.2, 0.25) is 0 Å². The van der Waals surface area contributed by atoms with Crippen molar-refractivity contribution >= 4 is 17.7 Å². The summed E-state index contributed by atoms with van der Waals surface area (Å²) in [6.45, 7) is 7.74. The summed E-state index contributed by atoms with van der Waals surface area (Å²) in [4.78, 5) is 33.2. The molecule has 0 aromatic carbocycles. The van der Waals surface area contributed by atoms with Gasteiger partial charge >= 0.3 is 6.09 Å². The molecule has 2 saturated heterocycles. The molecular formula is C24H35FN4O4. The summed E-state index contributed by atoms with van der Waals surface area (Å²) in [5.41, 5.74) is 4.43. The topological polar surface area (TPSA) is 98.0 Å². The number of ether oxygens (including phenoxy) is 2. The Bertz CT molecular complexity index is 895. The van der Waals surface area contributed by atoms with Crippen molar-refractivity contribution in [2.45, 2.75) is 69.9 Å². The second-order valence-electron chi connectivity index (χ2n) is 10.6. The van der Waals surface area contributed by atoms with Crippen LogP contribution in [-0.4, -0.2) is 66.4 Å². The number of primary amides is 1. The Balaban J connectivity index is 1.51. The fourth-order valence-electron chi connectivity index (χ4n) is 4.75. The summed E-state index contributed by atoms with van der Waals surface area (Å²) < 4.78 is 25.9. The monoisotopic (exact) mass is 462 g/mol. The Labute approximate surface area is 194 Å². The number of pyridine rings is 1. The third-order valence-electron chi connectivity index (χ3n) is 6.96. The van der Waals surface area contributed by atoms with Gasteiger partial charge in [0.2, 0.25) is 5.91 Å². The Kier molecular flexibility index (Phi) is 6.53. The van der Waals surface area contributed by atoms with Gasteiger partial charge in [0.15, 0.2) is 0 Å². The van der Waals surface area contributed by atoms with Gasteiger partial charge in [-0.25, -0.2) is 9.18 Å². The lowest BCUT2D eigenvalue weighted by atomic mass is 9.81. The molecule has 1 atom stereocenters. The molecule has 33 heavy (non-hydrogen) atoms. The molecule has 1 aromatic heterocycles. The van der Waals surface area contributed by atoms with Crippen LogP contribution in [0.25, 0.3) is 0 Å². The molecular weight excluding hydrogens is 427 g/mol. The maximum absolute atomic E-state index is 15.0. The first-order valence-electron chi connectivity index (χ1n) is 11.9. The molecule has 0 radical (unpaired) electrons. The predicted molar refractivity (Wildman–Crippen MR) is 121 cm³/mol. The maximum atomic E-state index is 15.0. The van der Waals surface area contributed by atoms with Crippen LogP contribution in [-0.2, 0) is 19.7 Å². The molecule has 0 bridgehead atoms. The number of halogens is 1. The number of amides is 2. The van der Waals surface area contributed by atoms with Crippen LogP contribution in [0, 0.1) is 11.7 Å². The third kappa shape index (κ3) is 4.93. The van der Waals surface area contributed by atoms with Crippen molar-refractivity contribution in [3.63, 3.8) is 0 Å². The van der Waals surface area contributed by atoms with Crippen LogP contribution in [0.5, 0.6) is 0 Å². The molecule has 1 aliphatic carbocycles. The summed E-state index contributed by atoms with van der Waals surface area (Å²) in [7, 11) is 0. The second-order valence-corrected chi connectivity index (χ2v) is 10.6. The number of anilines is 1. The first-order valence-corrected chi connectivity index (χ1v) is 11.9. The molecule has 2 amide bonds. The van der Waals surface area contributed by atoms with Crippen molar-refractivity contribution in [3.8, 4) is 0 Å². The van der Waals surface area contributed by atoms with E-state index in [1.165, 1.54) is 12.5 Å². The minimum Gasteiger partial charge on any atom is -0.444 e. The highest BCUT2D eigenvalue weighted by Crippen LogP contribution is 2.35. The van der Waals surface area contributed by atoms with Crippen molar-refractivity contribution in [3.05, 3.63) is 23.8 Å². The summed E-state index contributed by atoms with van der Waals surface area (Å²) in [6.07, 6.45) is 6.53. The zero-order chi connectivity index (χ0) is 23.8. The van der Waals surface area contributed by atoms with E-state index in [1.54, 1.807) is 6.20 Å². The number of nitrogens with zero attached hydrogens (tertiary/aromatic N) is 3. The second kappa shape index (κ2) is 9.08. The quantitative estimate of drug-likeness (QED) is 0.698. The highest BCUT2D eigenvalue weighted by Gasteiger charge is 2.49. The summed E-state index contributed by atoms with van der Waals surface area (Å²) in [6, 6.07) is 1.39. The van der Waals surface area contributed by atoms with Crippen molar-refractivity contribution in [2.24, 2.45) is 11.7 Å². The van der Waals surface area contributed by atoms with Gasteiger partial charge in [-0.05, 0) is 52.4 Å². The first kappa shape index (κ1) is 23.7. The smallest absolute Gasteiger partial charge is 0.410 e. The van der Waals surface area contributed by atoms with E-state index in [9.17, 15) is 9.59 Å². The summed E-state index contributed by atoms with van der Waals surface area (Å²) >= 11 is 0. The van der Waals surface area contributed by atoms with Gasteiger partial charge in [-0.1, -0.05) is 6.42 Å². The Hall–Kier alpha value is -2.42. The van der Waals surface area contributed by atoms with Gasteiger partial charge in [0.25, 0.3) is 0 Å². The van der Waals surface area contributed by atoms with E-state index >= 15 is 4.39 Å². The molecule has 4 rings (SSSR count). The average Bonchev–Trinajstić information content (AvgIpc) is 2.66. The van der Waals surface area contributed by atoms with Gasteiger partial charge < -0.3 is 25.0 Å². The fourth-order valence-corrected chi connectivity index (χ4v) is 4.75. The molecule has 0 spiro atoms. The molecule has 2 aliphatic heterocycles. The lowest BCUT2D eigenvalue weighted by Gasteiger charge is -2.43. The number of piperidine rings is 1. The van der Waals surface area contributed by atoms with E-state index < -0.39 is 22.7 Å². The van der Waals surface area contributed by atoms with Gasteiger partial charge in [0, 0.05) is 25.7 Å². The number of carbonyl (C=O) groups excluding carboxylic acids is 2. The van der Waals surface area contributed by atoms with E-state index in [0.717, 1.165) is 32.2 Å². The fraction of sp³-hybridized carbons (Fsp3) is 0.708. The predicted octanol–water partition coefficient (Wildman–Crippen LogP) is 2.98. The molecule has 0 unspecified atom stereocenters.